The summed E-state index contributed by atoms with van der Waals surface area (Å²) in [4.78, 5) is 16.8. The van der Waals surface area contributed by atoms with Gasteiger partial charge in [0, 0.05) is 30.6 Å². The summed E-state index contributed by atoms with van der Waals surface area (Å²) in [6.45, 7) is 1.71. The second-order valence-electron chi connectivity index (χ2n) is 8.01. The Morgan fingerprint density at radius 3 is 2.66 bits per heavy atom. The van der Waals surface area contributed by atoms with Crippen LogP contribution in [-0.4, -0.2) is 61.7 Å². The number of hydrogen-bond acceptors (Lipinski definition) is 4. The normalized spacial score (nSPS) is 22.0. The van der Waals surface area contributed by atoms with E-state index in [0.29, 0.717) is 37.5 Å². The fourth-order valence-corrected chi connectivity index (χ4v) is 4.18. The number of carbonyl (C=O) groups is 1. The highest BCUT2D eigenvalue weighted by Crippen LogP contribution is 2.39. The average Bonchev–Trinajstić information content (AvgIpc) is 2.71. The van der Waals surface area contributed by atoms with Crippen molar-refractivity contribution < 1.29 is 14.6 Å². The molecule has 0 radical (unpaired) electrons. The van der Waals surface area contributed by atoms with Crippen LogP contribution in [0.15, 0.2) is 48.5 Å². The largest absolute Gasteiger partial charge is 0.497 e. The fraction of sp³-hybridized carbons (Fsp3) is 0.435. The highest BCUT2D eigenvalue weighted by molar-refractivity contribution is 6.30. The van der Waals surface area contributed by atoms with E-state index in [9.17, 15) is 9.90 Å². The molecular formula is C23H29ClN2O3. The van der Waals surface area contributed by atoms with Crippen molar-refractivity contribution in [3.63, 3.8) is 0 Å². The third kappa shape index (κ3) is 5.10. The number of hydrogen-bond donors (Lipinski definition) is 1. The molecule has 1 N–H and O–H groups in total. The van der Waals surface area contributed by atoms with Crippen molar-refractivity contribution in [3.05, 3.63) is 64.7 Å². The van der Waals surface area contributed by atoms with Crippen LogP contribution in [0.5, 0.6) is 5.75 Å². The number of amides is 1. The predicted molar refractivity (Wildman–Crippen MR) is 115 cm³/mol. The van der Waals surface area contributed by atoms with Crippen LogP contribution < -0.4 is 4.74 Å². The predicted octanol–water partition coefficient (Wildman–Crippen LogP) is 3.19. The lowest BCUT2D eigenvalue weighted by Gasteiger charge is -2.46. The molecule has 0 aliphatic carbocycles. The van der Waals surface area contributed by atoms with Crippen LogP contribution in [0.2, 0.25) is 5.02 Å². The molecule has 1 saturated heterocycles. The van der Waals surface area contributed by atoms with Gasteiger partial charge in [-0.25, -0.2) is 0 Å². The lowest BCUT2D eigenvalue weighted by molar-refractivity contribution is -0.141. The van der Waals surface area contributed by atoms with Crippen LogP contribution >= 0.6 is 11.6 Å². The van der Waals surface area contributed by atoms with Crippen LogP contribution in [0.25, 0.3) is 0 Å². The van der Waals surface area contributed by atoms with Gasteiger partial charge in [0.25, 0.3) is 0 Å². The summed E-state index contributed by atoms with van der Waals surface area (Å²) in [5.41, 5.74) is 0.779. The van der Waals surface area contributed by atoms with E-state index in [1.165, 1.54) is 0 Å². The standard InChI is InChI=1S/C23H29ClN2O3/c1-25(2)15-19-16-26(22(27)13-17-7-9-20(24)10-8-17)12-11-23(19,28)18-5-4-6-21(14-18)29-3/h4-10,14,19,28H,11-13,15-16H2,1-3H3. The zero-order valence-electron chi connectivity index (χ0n) is 17.3. The Bertz CT molecular complexity index is 840. The maximum absolute atomic E-state index is 12.9. The molecule has 1 aliphatic heterocycles. The number of benzene rings is 2. The number of rotatable bonds is 6. The maximum Gasteiger partial charge on any atom is 0.227 e. The first-order chi connectivity index (χ1) is 13.8. The molecule has 29 heavy (non-hydrogen) atoms. The number of halogens is 1. The second kappa shape index (κ2) is 9.16. The first-order valence-electron chi connectivity index (χ1n) is 9.85. The molecular weight excluding hydrogens is 388 g/mol. The third-order valence-corrected chi connectivity index (χ3v) is 5.91. The van der Waals surface area contributed by atoms with Gasteiger partial charge in [-0.3, -0.25) is 4.79 Å². The molecule has 2 aromatic rings. The maximum atomic E-state index is 12.9. The number of nitrogens with zero attached hydrogens (tertiary/aromatic N) is 2. The molecule has 1 heterocycles. The van der Waals surface area contributed by atoms with Crippen LogP contribution in [0, 0.1) is 5.92 Å². The lowest BCUT2D eigenvalue weighted by Crippen LogP contribution is -2.54. The summed E-state index contributed by atoms with van der Waals surface area (Å²) in [5, 5.41) is 12.3. The minimum Gasteiger partial charge on any atom is -0.497 e. The zero-order chi connectivity index (χ0) is 21.0. The smallest absolute Gasteiger partial charge is 0.227 e. The Kier molecular flexibility index (Phi) is 6.83. The van der Waals surface area contributed by atoms with E-state index in [1.54, 1.807) is 19.2 Å². The van der Waals surface area contributed by atoms with Gasteiger partial charge in [0.1, 0.15) is 5.75 Å². The molecule has 1 amide bonds. The number of likely N-dealkylation sites (tertiary alicyclic amines) is 1. The average molecular weight is 417 g/mol. The molecule has 2 atom stereocenters. The highest BCUT2D eigenvalue weighted by atomic mass is 35.5. The molecule has 2 aromatic carbocycles. The molecule has 3 rings (SSSR count). The van der Waals surface area contributed by atoms with Crippen molar-refractivity contribution in [2.45, 2.75) is 18.4 Å². The van der Waals surface area contributed by atoms with Gasteiger partial charge >= 0.3 is 0 Å². The van der Waals surface area contributed by atoms with Crippen molar-refractivity contribution in [2.24, 2.45) is 5.92 Å². The number of aliphatic hydroxyl groups is 1. The number of methoxy groups -OCH3 is 1. The van der Waals surface area contributed by atoms with Crippen LogP contribution in [-0.2, 0) is 16.8 Å². The quantitative estimate of drug-likeness (QED) is 0.785. The number of ether oxygens (including phenoxy) is 1. The first-order valence-corrected chi connectivity index (χ1v) is 10.2. The molecule has 156 valence electrons. The van der Waals surface area contributed by atoms with Gasteiger partial charge in [0.2, 0.25) is 5.91 Å². The molecule has 2 unspecified atom stereocenters. The SMILES string of the molecule is COc1cccc(C2(O)CCN(C(=O)Cc3ccc(Cl)cc3)CC2CN(C)C)c1. The van der Waals surface area contributed by atoms with E-state index in [4.69, 9.17) is 16.3 Å². The van der Waals surface area contributed by atoms with E-state index < -0.39 is 5.60 Å². The van der Waals surface area contributed by atoms with Crippen molar-refractivity contribution in [1.82, 2.24) is 9.80 Å². The van der Waals surface area contributed by atoms with Crippen LogP contribution in [0.1, 0.15) is 17.5 Å². The van der Waals surface area contributed by atoms with Crippen molar-refractivity contribution in [3.8, 4) is 5.75 Å². The lowest BCUT2D eigenvalue weighted by atomic mass is 9.75. The molecule has 1 aliphatic rings. The van der Waals surface area contributed by atoms with Crippen LogP contribution in [0.4, 0.5) is 0 Å². The van der Waals surface area contributed by atoms with Crippen molar-refractivity contribution in [2.75, 3.05) is 40.8 Å². The van der Waals surface area contributed by atoms with Gasteiger partial charge in [0.15, 0.2) is 0 Å². The molecule has 0 bridgehead atoms. The molecule has 0 aromatic heterocycles. The molecule has 0 saturated carbocycles. The van der Waals surface area contributed by atoms with Gasteiger partial charge in [-0.1, -0.05) is 35.9 Å². The zero-order valence-corrected chi connectivity index (χ0v) is 18.0. The van der Waals surface area contributed by atoms with E-state index in [-0.39, 0.29) is 11.8 Å². The Balaban J connectivity index is 1.79. The van der Waals surface area contributed by atoms with E-state index in [0.717, 1.165) is 16.9 Å². The number of piperidine rings is 1. The van der Waals surface area contributed by atoms with Gasteiger partial charge in [0.05, 0.1) is 19.1 Å². The van der Waals surface area contributed by atoms with Crippen molar-refractivity contribution in [1.29, 1.82) is 0 Å². The Hall–Kier alpha value is -2.08. The monoisotopic (exact) mass is 416 g/mol. The Labute approximate surface area is 177 Å². The Morgan fingerprint density at radius 1 is 1.28 bits per heavy atom. The fourth-order valence-electron chi connectivity index (χ4n) is 4.05. The molecule has 6 heteroatoms. The topological polar surface area (TPSA) is 53.0 Å². The minimum atomic E-state index is -1.00. The summed E-state index contributed by atoms with van der Waals surface area (Å²) < 4.78 is 5.35. The van der Waals surface area contributed by atoms with Gasteiger partial charge < -0.3 is 19.6 Å². The van der Waals surface area contributed by atoms with Gasteiger partial charge in [-0.05, 0) is 55.9 Å². The third-order valence-electron chi connectivity index (χ3n) is 5.66. The number of carbonyl (C=O) groups excluding carboxylic acids is 1. The summed E-state index contributed by atoms with van der Waals surface area (Å²) in [6.07, 6.45) is 0.828. The second-order valence-corrected chi connectivity index (χ2v) is 8.44. The molecule has 0 spiro atoms. The van der Waals surface area contributed by atoms with Gasteiger partial charge in [-0.2, -0.15) is 0 Å². The summed E-state index contributed by atoms with van der Waals surface area (Å²) in [5.74, 6) is 0.692. The van der Waals surface area contributed by atoms with Gasteiger partial charge in [-0.15, -0.1) is 0 Å². The van der Waals surface area contributed by atoms with Crippen LogP contribution in [0.3, 0.4) is 0 Å². The summed E-state index contributed by atoms with van der Waals surface area (Å²) in [6, 6.07) is 15.0. The molecule has 5 nitrogen and oxygen atoms in total. The summed E-state index contributed by atoms with van der Waals surface area (Å²) in [7, 11) is 5.60. The minimum absolute atomic E-state index is 0.0729. The van der Waals surface area contributed by atoms with E-state index in [1.807, 2.05) is 55.4 Å². The highest BCUT2D eigenvalue weighted by Gasteiger charge is 2.44. The first kappa shape index (κ1) is 21.6. The molecule has 1 fully saturated rings. The van der Waals surface area contributed by atoms with E-state index >= 15 is 0 Å². The summed E-state index contributed by atoms with van der Waals surface area (Å²) >= 11 is 5.94. The van der Waals surface area contributed by atoms with E-state index in [2.05, 4.69) is 4.90 Å². The van der Waals surface area contributed by atoms with Crippen molar-refractivity contribution >= 4 is 17.5 Å². The Morgan fingerprint density at radius 2 is 2.00 bits per heavy atom.